The molecule has 2 atom stereocenters. The van der Waals surface area contributed by atoms with Crippen molar-refractivity contribution in [2.24, 2.45) is 17.6 Å². The van der Waals surface area contributed by atoms with Gasteiger partial charge in [-0.05, 0) is 30.7 Å². The Morgan fingerprint density at radius 2 is 1.90 bits per heavy atom. The first kappa shape index (κ1) is 16.5. The summed E-state index contributed by atoms with van der Waals surface area (Å²) in [6.07, 6.45) is 3.79. The van der Waals surface area contributed by atoms with Gasteiger partial charge in [-0.2, -0.15) is 4.31 Å². The van der Waals surface area contributed by atoms with Crippen molar-refractivity contribution in [3.05, 3.63) is 18.0 Å². The van der Waals surface area contributed by atoms with Gasteiger partial charge in [0, 0.05) is 38.1 Å². The van der Waals surface area contributed by atoms with Crippen LogP contribution in [0.4, 0.5) is 0 Å². The molecule has 0 aromatic carbocycles. The molecule has 1 aromatic rings. The van der Waals surface area contributed by atoms with E-state index in [4.69, 9.17) is 5.73 Å². The highest BCUT2D eigenvalue weighted by Crippen LogP contribution is 2.27. The molecule has 0 radical (unpaired) electrons. The van der Waals surface area contributed by atoms with E-state index < -0.39 is 10.0 Å². The molecule has 5 nitrogen and oxygen atoms in total. The maximum atomic E-state index is 12.8. The van der Waals surface area contributed by atoms with E-state index in [0.717, 1.165) is 25.1 Å². The molecule has 0 saturated carbocycles. The van der Waals surface area contributed by atoms with Gasteiger partial charge in [0.1, 0.15) is 4.90 Å². The number of rotatable bonds is 5. The minimum absolute atomic E-state index is 0.363. The Morgan fingerprint density at radius 1 is 1.29 bits per heavy atom. The summed E-state index contributed by atoms with van der Waals surface area (Å²) in [6.45, 7) is 8.70. The molecule has 2 heterocycles. The van der Waals surface area contributed by atoms with Crippen LogP contribution in [0.1, 0.15) is 39.3 Å². The number of hydrogen-bond donors (Lipinski definition) is 1. The lowest BCUT2D eigenvalue weighted by Gasteiger charge is -2.33. The van der Waals surface area contributed by atoms with Crippen molar-refractivity contribution in [1.29, 1.82) is 0 Å². The summed E-state index contributed by atoms with van der Waals surface area (Å²) in [7, 11) is -3.40. The second kappa shape index (κ2) is 6.50. The van der Waals surface area contributed by atoms with Crippen molar-refractivity contribution in [3.63, 3.8) is 0 Å². The third-order valence-electron chi connectivity index (χ3n) is 4.11. The molecule has 21 heavy (non-hydrogen) atoms. The van der Waals surface area contributed by atoms with Gasteiger partial charge in [-0.1, -0.05) is 20.8 Å². The third-order valence-corrected chi connectivity index (χ3v) is 5.90. The predicted molar refractivity (Wildman–Crippen MR) is 84.3 cm³/mol. The lowest BCUT2D eigenvalue weighted by molar-refractivity contribution is 0.222. The number of hydrogen-bond acceptors (Lipinski definition) is 3. The van der Waals surface area contributed by atoms with Gasteiger partial charge in [0.25, 0.3) is 0 Å². The molecular weight excluding hydrogens is 286 g/mol. The Labute approximate surface area is 128 Å². The van der Waals surface area contributed by atoms with Crippen molar-refractivity contribution in [1.82, 2.24) is 8.87 Å². The summed E-state index contributed by atoms with van der Waals surface area (Å²) in [5, 5.41) is 0. The molecule has 0 bridgehead atoms. The standard InChI is InChI=1S/C15H27N3O2S/c1-4-5-17-11-15(7-14(17)8-16)21(19,20)18-9-12(2)6-13(3)10-18/h7,11-13H,4-6,8-10,16H2,1-3H3. The highest BCUT2D eigenvalue weighted by Gasteiger charge is 2.32. The first-order valence-corrected chi connectivity index (χ1v) is 9.21. The number of piperidine rings is 1. The van der Waals surface area contributed by atoms with E-state index in [1.54, 1.807) is 16.6 Å². The minimum Gasteiger partial charge on any atom is -0.349 e. The highest BCUT2D eigenvalue weighted by atomic mass is 32.2. The van der Waals surface area contributed by atoms with Crippen LogP contribution in [0.3, 0.4) is 0 Å². The van der Waals surface area contributed by atoms with Gasteiger partial charge in [-0.15, -0.1) is 0 Å². The molecule has 0 aliphatic carbocycles. The van der Waals surface area contributed by atoms with Crippen LogP contribution in [-0.4, -0.2) is 30.4 Å². The second-order valence-electron chi connectivity index (χ2n) is 6.33. The molecule has 1 aliphatic heterocycles. The Kier molecular flexibility index (Phi) is 5.11. The largest absolute Gasteiger partial charge is 0.349 e. The molecule has 6 heteroatoms. The van der Waals surface area contributed by atoms with Crippen molar-refractivity contribution in [2.45, 2.75) is 51.6 Å². The van der Waals surface area contributed by atoms with Crippen LogP contribution >= 0.6 is 0 Å². The van der Waals surface area contributed by atoms with Crippen molar-refractivity contribution >= 4 is 10.0 Å². The number of aromatic nitrogens is 1. The van der Waals surface area contributed by atoms with E-state index in [0.29, 0.717) is 36.4 Å². The molecule has 0 spiro atoms. The molecule has 1 aromatic heterocycles. The van der Waals surface area contributed by atoms with E-state index in [1.165, 1.54) is 0 Å². The molecule has 2 N–H and O–H groups in total. The maximum absolute atomic E-state index is 12.8. The number of sulfonamides is 1. The van der Waals surface area contributed by atoms with Crippen LogP contribution in [0.25, 0.3) is 0 Å². The molecule has 2 unspecified atom stereocenters. The normalized spacial score (nSPS) is 24.4. The van der Waals surface area contributed by atoms with Gasteiger partial charge >= 0.3 is 0 Å². The van der Waals surface area contributed by atoms with Crippen molar-refractivity contribution in [2.75, 3.05) is 13.1 Å². The summed E-state index contributed by atoms with van der Waals surface area (Å²) < 4.78 is 29.3. The zero-order chi connectivity index (χ0) is 15.6. The van der Waals surface area contributed by atoms with Gasteiger partial charge in [-0.3, -0.25) is 0 Å². The molecule has 2 rings (SSSR count). The fraction of sp³-hybridized carbons (Fsp3) is 0.733. The number of nitrogens with two attached hydrogens (primary N) is 1. The quantitative estimate of drug-likeness (QED) is 0.904. The fourth-order valence-electron chi connectivity index (χ4n) is 3.24. The van der Waals surface area contributed by atoms with Crippen LogP contribution in [0.2, 0.25) is 0 Å². The SMILES string of the molecule is CCCn1cc(S(=O)(=O)N2CC(C)CC(C)C2)cc1CN. The van der Waals surface area contributed by atoms with Gasteiger partial charge in [0.15, 0.2) is 0 Å². The summed E-state index contributed by atoms with van der Waals surface area (Å²) in [6, 6.07) is 1.73. The average Bonchev–Trinajstić information content (AvgIpc) is 2.82. The highest BCUT2D eigenvalue weighted by molar-refractivity contribution is 7.89. The van der Waals surface area contributed by atoms with Gasteiger partial charge in [0.2, 0.25) is 10.0 Å². The third kappa shape index (κ3) is 3.49. The van der Waals surface area contributed by atoms with Crippen LogP contribution in [0.15, 0.2) is 17.2 Å². The Bertz CT molecular complexity index is 570. The maximum Gasteiger partial charge on any atom is 0.244 e. The Balaban J connectivity index is 2.30. The predicted octanol–water partition coefficient (Wildman–Crippen LogP) is 2.02. The molecule has 120 valence electrons. The van der Waals surface area contributed by atoms with Gasteiger partial charge in [-0.25, -0.2) is 8.42 Å². The van der Waals surface area contributed by atoms with Crippen LogP contribution in [-0.2, 0) is 23.1 Å². The summed E-state index contributed by atoms with van der Waals surface area (Å²) in [5.41, 5.74) is 6.61. The van der Waals surface area contributed by atoms with E-state index in [2.05, 4.69) is 20.8 Å². The molecular formula is C15H27N3O2S. The monoisotopic (exact) mass is 313 g/mol. The zero-order valence-corrected chi connectivity index (χ0v) is 14.1. The molecule has 1 aliphatic rings. The zero-order valence-electron chi connectivity index (χ0n) is 13.2. The average molecular weight is 313 g/mol. The summed E-state index contributed by atoms with van der Waals surface area (Å²) in [5.74, 6) is 0.825. The fourth-order valence-corrected chi connectivity index (χ4v) is 4.98. The first-order valence-electron chi connectivity index (χ1n) is 7.77. The first-order chi connectivity index (χ1) is 9.88. The van der Waals surface area contributed by atoms with Gasteiger partial charge in [0.05, 0.1) is 0 Å². The van der Waals surface area contributed by atoms with Crippen LogP contribution < -0.4 is 5.73 Å². The smallest absolute Gasteiger partial charge is 0.244 e. The molecule has 1 saturated heterocycles. The lowest BCUT2D eigenvalue weighted by Crippen LogP contribution is -2.42. The molecule has 0 amide bonds. The van der Waals surface area contributed by atoms with E-state index in [1.807, 2.05) is 4.57 Å². The Morgan fingerprint density at radius 3 is 2.43 bits per heavy atom. The van der Waals surface area contributed by atoms with Gasteiger partial charge < -0.3 is 10.3 Å². The minimum atomic E-state index is -3.40. The lowest BCUT2D eigenvalue weighted by atomic mass is 9.94. The van der Waals surface area contributed by atoms with Crippen molar-refractivity contribution < 1.29 is 8.42 Å². The number of aryl methyl sites for hydroxylation is 1. The summed E-state index contributed by atoms with van der Waals surface area (Å²) in [4.78, 5) is 0.387. The van der Waals surface area contributed by atoms with Crippen LogP contribution in [0.5, 0.6) is 0 Å². The number of nitrogens with zero attached hydrogens (tertiary/aromatic N) is 2. The van der Waals surface area contributed by atoms with E-state index in [-0.39, 0.29) is 0 Å². The van der Waals surface area contributed by atoms with Crippen LogP contribution in [0, 0.1) is 11.8 Å². The van der Waals surface area contributed by atoms with E-state index in [9.17, 15) is 8.42 Å². The Hall–Kier alpha value is -0.850. The van der Waals surface area contributed by atoms with E-state index >= 15 is 0 Å². The topological polar surface area (TPSA) is 68.3 Å². The summed E-state index contributed by atoms with van der Waals surface area (Å²) >= 11 is 0. The van der Waals surface area contributed by atoms with Crippen molar-refractivity contribution in [3.8, 4) is 0 Å². The molecule has 1 fully saturated rings. The second-order valence-corrected chi connectivity index (χ2v) is 8.27.